The van der Waals surface area contributed by atoms with Crippen molar-refractivity contribution in [2.75, 3.05) is 11.4 Å². The summed E-state index contributed by atoms with van der Waals surface area (Å²) in [4.78, 5) is 7.06. The van der Waals surface area contributed by atoms with Gasteiger partial charge in [-0.05, 0) is 46.0 Å². The lowest BCUT2D eigenvalue weighted by Gasteiger charge is -2.37. The van der Waals surface area contributed by atoms with E-state index in [9.17, 15) is 0 Å². The first-order valence-corrected chi connectivity index (χ1v) is 7.88. The van der Waals surface area contributed by atoms with Crippen molar-refractivity contribution in [3.63, 3.8) is 0 Å². The summed E-state index contributed by atoms with van der Waals surface area (Å²) in [6.45, 7) is 7.23. The third kappa shape index (κ3) is 2.64. The fraction of sp³-hybridized carbons (Fsp3) is 0.800. The summed E-state index contributed by atoms with van der Waals surface area (Å²) < 4.78 is 0. The van der Waals surface area contributed by atoms with Gasteiger partial charge in [0.1, 0.15) is 0 Å². The Balaban J connectivity index is 1.82. The van der Waals surface area contributed by atoms with Gasteiger partial charge in [0.15, 0.2) is 0 Å². The van der Waals surface area contributed by atoms with E-state index in [0.717, 1.165) is 30.3 Å². The van der Waals surface area contributed by atoms with E-state index >= 15 is 0 Å². The van der Waals surface area contributed by atoms with Crippen molar-refractivity contribution in [3.05, 3.63) is 11.4 Å². The van der Waals surface area contributed by atoms with Crippen molar-refractivity contribution in [1.82, 2.24) is 20.5 Å². The number of nitrogens with one attached hydrogen (secondary N) is 1. The van der Waals surface area contributed by atoms with E-state index in [-0.39, 0.29) is 0 Å². The van der Waals surface area contributed by atoms with Crippen LogP contribution in [0.1, 0.15) is 50.4 Å². The van der Waals surface area contributed by atoms with Crippen LogP contribution in [0.4, 0.5) is 5.95 Å². The summed E-state index contributed by atoms with van der Waals surface area (Å²) in [5.74, 6) is 0.821. The lowest BCUT2D eigenvalue weighted by molar-refractivity contribution is 0.343. The van der Waals surface area contributed by atoms with Crippen LogP contribution in [0.5, 0.6) is 0 Å². The van der Waals surface area contributed by atoms with E-state index in [1.807, 2.05) is 13.8 Å². The first-order chi connectivity index (χ1) is 9.67. The maximum atomic E-state index is 4.67. The molecule has 2 unspecified atom stereocenters. The van der Waals surface area contributed by atoms with E-state index in [1.54, 1.807) is 0 Å². The van der Waals surface area contributed by atoms with Gasteiger partial charge in [-0.3, -0.25) is 0 Å². The van der Waals surface area contributed by atoms with Crippen LogP contribution in [0, 0.1) is 13.8 Å². The van der Waals surface area contributed by atoms with Gasteiger partial charge in [0.25, 0.3) is 0 Å². The molecule has 2 atom stereocenters. The van der Waals surface area contributed by atoms with Crippen LogP contribution in [0.2, 0.25) is 0 Å². The highest BCUT2D eigenvalue weighted by molar-refractivity contribution is 5.32. The maximum Gasteiger partial charge on any atom is 0.245 e. The molecule has 3 heterocycles. The molecule has 2 saturated heterocycles. The monoisotopic (exact) mass is 275 g/mol. The van der Waals surface area contributed by atoms with Gasteiger partial charge in [0.05, 0.1) is 11.4 Å². The van der Waals surface area contributed by atoms with E-state index < -0.39 is 0 Å². The molecule has 5 nitrogen and oxygen atoms in total. The Kier molecular flexibility index (Phi) is 3.87. The Morgan fingerprint density at radius 2 is 1.80 bits per heavy atom. The summed E-state index contributed by atoms with van der Waals surface area (Å²) >= 11 is 0. The first kappa shape index (κ1) is 13.7. The molecule has 1 aromatic heterocycles. The molecule has 1 aromatic rings. The van der Waals surface area contributed by atoms with Gasteiger partial charge in [-0.2, -0.15) is 5.10 Å². The summed E-state index contributed by atoms with van der Waals surface area (Å²) in [5, 5.41) is 12.3. The van der Waals surface area contributed by atoms with E-state index in [1.165, 1.54) is 25.7 Å². The van der Waals surface area contributed by atoms with Crippen LogP contribution in [0.15, 0.2) is 0 Å². The summed E-state index contributed by atoms with van der Waals surface area (Å²) in [5.41, 5.74) is 1.92. The van der Waals surface area contributed by atoms with Crippen LogP contribution < -0.4 is 10.2 Å². The predicted octanol–water partition coefficient (Wildman–Crippen LogP) is 1.99. The molecule has 0 radical (unpaired) electrons. The third-order valence-corrected chi connectivity index (χ3v) is 4.69. The molecule has 3 rings (SSSR count). The number of fused-ring (bicyclic) bond motifs is 2. The van der Waals surface area contributed by atoms with Gasteiger partial charge >= 0.3 is 0 Å². The second kappa shape index (κ2) is 5.64. The molecule has 20 heavy (non-hydrogen) atoms. The van der Waals surface area contributed by atoms with Gasteiger partial charge in [0, 0.05) is 24.7 Å². The molecule has 2 aliphatic heterocycles. The SMILES string of the molecule is CCCN(c1nnc(C)c(C)n1)C1CC2CCC(C1)N2. The Labute approximate surface area is 121 Å². The largest absolute Gasteiger partial charge is 0.336 e. The molecule has 2 fully saturated rings. The highest BCUT2D eigenvalue weighted by Gasteiger charge is 2.36. The molecule has 0 spiro atoms. The van der Waals surface area contributed by atoms with Crippen LogP contribution in [-0.4, -0.2) is 39.9 Å². The minimum Gasteiger partial charge on any atom is -0.336 e. The zero-order chi connectivity index (χ0) is 14.1. The van der Waals surface area contributed by atoms with E-state index in [4.69, 9.17) is 0 Å². The third-order valence-electron chi connectivity index (χ3n) is 4.69. The van der Waals surface area contributed by atoms with Gasteiger partial charge in [-0.1, -0.05) is 6.92 Å². The highest BCUT2D eigenvalue weighted by atomic mass is 15.3. The molecule has 0 saturated carbocycles. The van der Waals surface area contributed by atoms with Crippen molar-refractivity contribution in [2.45, 2.75) is 71.0 Å². The Morgan fingerprint density at radius 1 is 1.10 bits per heavy atom. The van der Waals surface area contributed by atoms with Gasteiger partial charge in [-0.15, -0.1) is 5.10 Å². The minimum atomic E-state index is 0.567. The topological polar surface area (TPSA) is 53.9 Å². The quantitative estimate of drug-likeness (QED) is 0.910. The predicted molar refractivity (Wildman–Crippen MR) is 79.9 cm³/mol. The molecule has 0 amide bonds. The first-order valence-electron chi connectivity index (χ1n) is 7.88. The molecular weight excluding hydrogens is 250 g/mol. The number of piperidine rings is 1. The molecule has 2 bridgehead atoms. The van der Waals surface area contributed by atoms with Gasteiger partial charge in [-0.25, -0.2) is 4.98 Å². The lowest BCUT2D eigenvalue weighted by Crippen LogP contribution is -2.49. The Morgan fingerprint density at radius 3 is 2.40 bits per heavy atom. The van der Waals surface area contributed by atoms with Crippen LogP contribution in [0.3, 0.4) is 0 Å². The number of anilines is 1. The van der Waals surface area contributed by atoms with Crippen molar-refractivity contribution >= 4 is 5.95 Å². The smallest absolute Gasteiger partial charge is 0.245 e. The molecule has 0 aliphatic carbocycles. The number of aromatic nitrogens is 3. The average molecular weight is 275 g/mol. The summed E-state index contributed by atoms with van der Waals surface area (Å²) in [7, 11) is 0. The van der Waals surface area contributed by atoms with Crippen LogP contribution in [0.25, 0.3) is 0 Å². The molecule has 1 N–H and O–H groups in total. The van der Waals surface area contributed by atoms with Crippen LogP contribution >= 0.6 is 0 Å². The maximum absolute atomic E-state index is 4.67. The average Bonchev–Trinajstić information content (AvgIpc) is 2.78. The van der Waals surface area contributed by atoms with E-state index in [2.05, 4.69) is 32.3 Å². The molecule has 2 aliphatic rings. The summed E-state index contributed by atoms with van der Waals surface area (Å²) in [6.07, 6.45) is 6.20. The molecule has 110 valence electrons. The molecular formula is C15H25N5. The zero-order valence-electron chi connectivity index (χ0n) is 12.8. The molecule has 5 heteroatoms. The second-order valence-electron chi connectivity index (χ2n) is 6.24. The molecule has 0 aromatic carbocycles. The number of hydrogen-bond acceptors (Lipinski definition) is 5. The fourth-order valence-corrected chi connectivity index (χ4v) is 3.54. The van der Waals surface area contributed by atoms with Gasteiger partial charge in [0.2, 0.25) is 5.95 Å². The lowest BCUT2D eigenvalue weighted by atomic mass is 9.98. The Bertz CT molecular complexity index is 463. The zero-order valence-corrected chi connectivity index (χ0v) is 12.8. The second-order valence-corrected chi connectivity index (χ2v) is 6.24. The standard InChI is InChI=1S/C15H25N5/c1-4-7-20(15-16-10(2)11(3)18-19-15)14-8-12-5-6-13(9-14)17-12/h12-14,17H,4-9H2,1-3H3. The summed E-state index contributed by atoms with van der Waals surface area (Å²) in [6, 6.07) is 1.95. The number of nitrogens with zero attached hydrogens (tertiary/aromatic N) is 4. The van der Waals surface area contributed by atoms with Crippen molar-refractivity contribution in [3.8, 4) is 0 Å². The highest BCUT2D eigenvalue weighted by Crippen LogP contribution is 2.31. The minimum absolute atomic E-state index is 0.567. The number of hydrogen-bond donors (Lipinski definition) is 1. The van der Waals surface area contributed by atoms with Gasteiger partial charge < -0.3 is 10.2 Å². The van der Waals surface area contributed by atoms with Crippen molar-refractivity contribution < 1.29 is 0 Å². The Hall–Kier alpha value is -1.23. The van der Waals surface area contributed by atoms with Crippen molar-refractivity contribution in [1.29, 1.82) is 0 Å². The fourth-order valence-electron chi connectivity index (χ4n) is 3.54. The van der Waals surface area contributed by atoms with Crippen molar-refractivity contribution in [2.24, 2.45) is 0 Å². The van der Waals surface area contributed by atoms with E-state index in [0.29, 0.717) is 18.1 Å². The number of rotatable bonds is 4. The normalized spacial score (nSPS) is 28.6. The number of aryl methyl sites for hydroxylation is 2. The van der Waals surface area contributed by atoms with Crippen LogP contribution in [-0.2, 0) is 0 Å².